The zero-order chi connectivity index (χ0) is 15.9. The molecule has 0 bridgehead atoms. The van der Waals surface area contributed by atoms with Gasteiger partial charge in [0.05, 0.1) is 6.04 Å². The van der Waals surface area contributed by atoms with Crippen LogP contribution in [0.5, 0.6) is 0 Å². The van der Waals surface area contributed by atoms with Crippen molar-refractivity contribution in [3.8, 4) is 0 Å². The quantitative estimate of drug-likeness (QED) is 0.866. The molecule has 0 radical (unpaired) electrons. The largest absolute Gasteiger partial charge is 0.325 e. The summed E-state index contributed by atoms with van der Waals surface area (Å²) in [6.45, 7) is 5.47. The van der Waals surface area contributed by atoms with Crippen LogP contribution in [-0.2, 0) is 4.79 Å². The Kier molecular flexibility index (Phi) is 6.13. The second-order valence-corrected chi connectivity index (χ2v) is 6.11. The minimum atomic E-state index is -0.140. The molecule has 1 aromatic carbocycles. The molecule has 0 saturated carbocycles. The third kappa shape index (κ3) is 4.67. The van der Waals surface area contributed by atoms with E-state index in [-0.39, 0.29) is 17.7 Å². The summed E-state index contributed by atoms with van der Waals surface area (Å²) in [4.78, 5) is 26.1. The Morgan fingerprint density at radius 1 is 1.09 bits per heavy atom. The number of nitrogens with one attached hydrogen (secondary N) is 1. The van der Waals surface area contributed by atoms with Gasteiger partial charge in [-0.1, -0.05) is 31.4 Å². The minimum absolute atomic E-state index is 0.00118. The zero-order valence-corrected chi connectivity index (χ0v) is 13.6. The van der Waals surface area contributed by atoms with Crippen molar-refractivity contribution in [1.82, 2.24) is 4.90 Å². The Bertz CT molecular complexity index is 520. The lowest BCUT2D eigenvalue weighted by Gasteiger charge is -2.29. The molecule has 1 fully saturated rings. The SMILES string of the molecule is CC(=O)c1cccc(NC(=O)[C@@H](C)N2CCCCCCC2)c1. The van der Waals surface area contributed by atoms with Crippen molar-refractivity contribution >= 4 is 17.4 Å². The van der Waals surface area contributed by atoms with Gasteiger partial charge < -0.3 is 5.32 Å². The summed E-state index contributed by atoms with van der Waals surface area (Å²) >= 11 is 0. The molecule has 1 heterocycles. The highest BCUT2D eigenvalue weighted by Crippen LogP contribution is 2.15. The maximum absolute atomic E-state index is 12.5. The summed E-state index contributed by atoms with van der Waals surface area (Å²) in [5, 5.41) is 2.94. The fraction of sp³-hybridized carbons (Fsp3) is 0.556. The third-order valence-electron chi connectivity index (χ3n) is 4.35. The Balaban J connectivity index is 1.98. The average molecular weight is 302 g/mol. The molecule has 120 valence electrons. The Morgan fingerprint density at radius 3 is 2.36 bits per heavy atom. The lowest BCUT2D eigenvalue weighted by Crippen LogP contribution is -2.43. The van der Waals surface area contributed by atoms with Crippen molar-refractivity contribution in [1.29, 1.82) is 0 Å². The van der Waals surface area contributed by atoms with Crippen LogP contribution >= 0.6 is 0 Å². The molecule has 4 heteroatoms. The zero-order valence-electron chi connectivity index (χ0n) is 13.6. The predicted octanol–water partition coefficient (Wildman–Crippen LogP) is 3.48. The van der Waals surface area contributed by atoms with Gasteiger partial charge in [-0.2, -0.15) is 0 Å². The number of benzene rings is 1. The van der Waals surface area contributed by atoms with E-state index in [9.17, 15) is 9.59 Å². The highest BCUT2D eigenvalue weighted by Gasteiger charge is 2.21. The maximum Gasteiger partial charge on any atom is 0.241 e. The molecule has 2 rings (SSSR count). The molecule has 1 amide bonds. The van der Waals surface area contributed by atoms with Gasteiger partial charge >= 0.3 is 0 Å². The fourth-order valence-electron chi connectivity index (χ4n) is 2.89. The molecular weight excluding hydrogens is 276 g/mol. The number of rotatable bonds is 4. The van der Waals surface area contributed by atoms with Gasteiger partial charge in [-0.05, 0) is 51.9 Å². The van der Waals surface area contributed by atoms with Crippen molar-refractivity contribution in [2.45, 2.75) is 52.0 Å². The van der Waals surface area contributed by atoms with Crippen LogP contribution in [-0.4, -0.2) is 35.7 Å². The van der Waals surface area contributed by atoms with Crippen LogP contribution in [0.2, 0.25) is 0 Å². The van der Waals surface area contributed by atoms with Gasteiger partial charge in [-0.3, -0.25) is 14.5 Å². The van der Waals surface area contributed by atoms with Gasteiger partial charge in [0.2, 0.25) is 5.91 Å². The monoisotopic (exact) mass is 302 g/mol. The molecular formula is C18H26N2O2. The van der Waals surface area contributed by atoms with Crippen molar-refractivity contribution in [2.24, 2.45) is 0 Å². The third-order valence-corrected chi connectivity index (χ3v) is 4.35. The Morgan fingerprint density at radius 2 is 1.73 bits per heavy atom. The standard InChI is InChI=1S/C18H26N2O2/c1-14(20-11-6-4-3-5-7-12-20)18(22)19-17-10-8-9-16(13-17)15(2)21/h8-10,13-14H,3-7,11-12H2,1-2H3,(H,19,22)/t14-/m1/s1. The first kappa shape index (κ1) is 16.7. The van der Waals surface area contributed by atoms with Gasteiger partial charge in [0.25, 0.3) is 0 Å². The number of hydrogen-bond donors (Lipinski definition) is 1. The molecule has 0 aliphatic carbocycles. The van der Waals surface area contributed by atoms with Crippen molar-refractivity contribution in [3.63, 3.8) is 0 Å². The van der Waals surface area contributed by atoms with Crippen LogP contribution in [0.3, 0.4) is 0 Å². The Hall–Kier alpha value is -1.68. The summed E-state index contributed by atoms with van der Waals surface area (Å²) in [5.41, 5.74) is 1.31. The second kappa shape index (κ2) is 8.08. The summed E-state index contributed by atoms with van der Waals surface area (Å²) in [7, 11) is 0. The number of Topliss-reactive ketones (excluding diaryl/α,β-unsaturated/α-hetero) is 1. The van der Waals surface area contributed by atoms with Crippen molar-refractivity contribution < 1.29 is 9.59 Å². The number of anilines is 1. The number of amides is 1. The van der Waals surface area contributed by atoms with E-state index < -0.39 is 0 Å². The molecule has 1 N–H and O–H groups in total. The number of nitrogens with zero attached hydrogens (tertiary/aromatic N) is 1. The molecule has 1 aliphatic rings. The van der Waals surface area contributed by atoms with E-state index in [1.807, 2.05) is 13.0 Å². The molecule has 1 atom stereocenters. The molecule has 22 heavy (non-hydrogen) atoms. The van der Waals surface area contributed by atoms with Crippen LogP contribution in [0.25, 0.3) is 0 Å². The van der Waals surface area contributed by atoms with Gasteiger partial charge in [-0.25, -0.2) is 0 Å². The molecule has 4 nitrogen and oxygen atoms in total. The van der Waals surface area contributed by atoms with E-state index in [1.165, 1.54) is 26.2 Å². The van der Waals surface area contributed by atoms with Gasteiger partial charge in [-0.15, -0.1) is 0 Å². The van der Waals surface area contributed by atoms with Gasteiger partial charge in [0.1, 0.15) is 0 Å². The lowest BCUT2D eigenvalue weighted by molar-refractivity contribution is -0.120. The second-order valence-electron chi connectivity index (χ2n) is 6.11. The first-order chi connectivity index (χ1) is 10.6. The fourth-order valence-corrected chi connectivity index (χ4v) is 2.89. The lowest BCUT2D eigenvalue weighted by atomic mass is 10.1. The highest BCUT2D eigenvalue weighted by molar-refractivity contribution is 5.98. The first-order valence-corrected chi connectivity index (χ1v) is 8.24. The van der Waals surface area contributed by atoms with Gasteiger partial charge in [0, 0.05) is 11.3 Å². The van der Waals surface area contributed by atoms with Crippen molar-refractivity contribution in [2.75, 3.05) is 18.4 Å². The van der Waals surface area contributed by atoms with E-state index in [0.717, 1.165) is 25.9 Å². The Labute approximate surface area is 132 Å². The summed E-state index contributed by atoms with van der Waals surface area (Å²) < 4.78 is 0. The van der Waals surface area contributed by atoms with Crippen LogP contribution in [0.4, 0.5) is 5.69 Å². The van der Waals surface area contributed by atoms with Crippen LogP contribution in [0.1, 0.15) is 56.3 Å². The number of likely N-dealkylation sites (tertiary alicyclic amines) is 1. The first-order valence-electron chi connectivity index (χ1n) is 8.24. The molecule has 0 unspecified atom stereocenters. The number of carbonyl (C=O) groups is 2. The topological polar surface area (TPSA) is 49.4 Å². The summed E-state index contributed by atoms with van der Waals surface area (Å²) in [6.07, 6.45) is 6.15. The van der Waals surface area contributed by atoms with E-state index in [4.69, 9.17) is 0 Å². The number of hydrogen-bond acceptors (Lipinski definition) is 3. The number of ketones is 1. The molecule has 1 aromatic rings. The molecule has 1 aliphatic heterocycles. The van der Waals surface area contributed by atoms with E-state index >= 15 is 0 Å². The van der Waals surface area contributed by atoms with Gasteiger partial charge in [0.15, 0.2) is 5.78 Å². The number of carbonyl (C=O) groups excluding carboxylic acids is 2. The van der Waals surface area contributed by atoms with Crippen LogP contribution < -0.4 is 5.32 Å². The predicted molar refractivity (Wildman–Crippen MR) is 89.2 cm³/mol. The summed E-state index contributed by atoms with van der Waals surface area (Å²) in [6, 6.07) is 6.98. The summed E-state index contributed by atoms with van der Waals surface area (Å²) in [5.74, 6) is 0.00851. The maximum atomic E-state index is 12.5. The average Bonchev–Trinajstić information content (AvgIpc) is 2.46. The van der Waals surface area contributed by atoms with Crippen LogP contribution in [0, 0.1) is 0 Å². The molecule has 1 saturated heterocycles. The molecule has 0 spiro atoms. The highest BCUT2D eigenvalue weighted by atomic mass is 16.2. The van der Waals surface area contributed by atoms with Crippen LogP contribution in [0.15, 0.2) is 24.3 Å². The van der Waals surface area contributed by atoms with E-state index in [2.05, 4.69) is 10.2 Å². The van der Waals surface area contributed by atoms with E-state index in [0.29, 0.717) is 11.3 Å². The minimum Gasteiger partial charge on any atom is -0.325 e. The van der Waals surface area contributed by atoms with E-state index in [1.54, 1.807) is 18.2 Å². The normalized spacial score (nSPS) is 18.1. The molecule has 0 aromatic heterocycles. The smallest absolute Gasteiger partial charge is 0.241 e. The van der Waals surface area contributed by atoms with Crippen molar-refractivity contribution in [3.05, 3.63) is 29.8 Å².